The molecule has 0 spiro atoms. The van der Waals surface area contributed by atoms with Gasteiger partial charge >= 0.3 is 12.1 Å². The summed E-state index contributed by atoms with van der Waals surface area (Å²) in [6.07, 6.45) is -0.436. The van der Waals surface area contributed by atoms with E-state index in [0.29, 0.717) is 0 Å². The van der Waals surface area contributed by atoms with Crippen molar-refractivity contribution in [2.75, 3.05) is 6.54 Å². The van der Waals surface area contributed by atoms with Gasteiger partial charge in [0.05, 0.1) is 6.42 Å². The van der Waals surface area contributed by atoms with Crippen LogP contribution in [0.1, 0.15) is 32.8 Å². The molecule has 1 amide bonds. The third-order valence-corrected chi connectivity index (χ3v) is 3.27. The zero-order valence-corrected chi connectivity index (χ0v) is 14.3. The molecule has 0 aliphatic carbocycles. The monoisotopic (exact) mass is 329 g/mol. The highest BCUT2D eigenvalue weighted by atomic mass is 16.6. The number of alkyl carbamates (subject to hydrolysis) is 1. The third-order valence-electron chi connectivity index (χ3n) is 3.27. The van der Waals surface area contributed by atoms with Crippen molar-refractivity contribution in [2.45, 2.75) is 39.4 Å². The smallest absolute Gasteiger partial charge is 0.407 e. The summed E-state index contributed by atoms with van der Waals surface area (Å²) in [6, 6.07) is 13.8. The molecule has 0 aliphatic rings. The Bertz CT molecular complexity index is 713. The maximum atomic E-state index is 11.8. The predicted molar refractivity (Wildman–Crippen MR) is 92.6 cm³/mol. The van der Waals surface area contributed by atoms with Gasteiger partial charge in [-0.25, -0.2) is 4.79 Å². The van der Waals surface area contributed by atoms with E-state index in [1.807, 2.05) is 42.5 Å². The topological polar surface area (TPSA) is 64.6 Å². The average molecular weight is 329 g/mol. The van der Waals surface area contributed by atoms with Gasteiger partial charge in [-0.2, -0.15) is 0 Å². The summed E-state index contributed by atoms with van der Waals surface area (Å²) in [5, 5.41) is 4.71. The number of carbonyl (C=O) groups is 2. The van der Waals surface area contributed by atoms with E-state index in [-0.39, 0.29) is 25.5 Å². The largest absolute Gasteiger partial charge is 0.461 e. The maximum Gasteiger partial charge on any atom is 0.407 e. The second kappa shape index (κ2) is 7.81. The van der Waals surface area contributed by atoms with E-state index in [1.54, 1.807) is 20.8 Å². The Morgan fingerprint density at radius 1 is 1.04 bits per heavy atom. The van der Waals surface area contributed by atoms with Crippen LogP contribution in [0.5, 0.6) is 0 Å². The van der Waals surface area contributed by atoms with Gasteiger partial charge < -0.3 is 14.8 Å². The lowest BCUT2D eigenvalue weighted by atomic mass is 10.1. The number of esters is 1. The van der Waals surface area contributed by atoms with Crippen LogP contribution >= 0.6 is 0 Å². The lowest BCUT2D eigenvalue weighted by molar-refractivity contribution is -0.144. The van der Waals surface area contributed by atoms with E-state index in [2.05, 4.69) is 5.32 Å². The van der Waals surface area contributed by atoms with E-state index in [9.17, 15) is 9.59 Å². The summed E-state index contributed by atoms with van der Waals surface area (Å²) < 4.78 is 10.4. The second-order valence-electron chi connectivity index (χ2n) is 6.48. The van der Waals surface area contributed by atoms with Gasteiger partial charge in [-0.15, -0.1) is 0 Å². The van der Waals surface area contributed by atoms with Crippen LogP contribution in [0.25, 0.3) is 10.8 Å². The molecule has 2 aromatic rings. The van der Waals surface area contributed by atoms with E-state index < -0.39 is 11.7 Å². The average Bonchev–Trinajstić information content (AvgIpc) is 2.51. The van der Waals surface area contributed by atoms with Crippen LogP contribution in [-0.4, -0.2) is 24.2 Å². The van der Waals surface area contributed by atoms with E-state index >= 15 is 0 Å². The van der Waals surface area contributed by atoms with E-state index in [1.165, 1.54) is 0 Å². The van der Waals surface area contributed by atoms with Gasteiger partial charge in [0.2, 0.25) is 0 Å². The number of fused-ring (bicyclic) bond motifs is 1. The Balaban J connectivity index is 1.78. The minimum atomic E-state index is -0.557. The zero-order chi connectivity index (χ0) is 17.6. The molecule has 0 saturated carbocycles. The van der Waals surface area contributed by atoms with Crippen LogP contribution in [-0.2, 0) is 20.9 Å². The number of amides is 1. The van der Waals surface area contributed by atoms with Crippen molar-refractivity contribution in [2.24, 2.45) is 0 Å². The molecule has 0 atom stereocenters. The van der Waals surface area contributed by atoms with Crippen LogP contribution in [0, 0.1) is 0 Å². The molecule has 0 heterocycles. The molecule has 1 N–H and O–H groups in total. The summed E-state index contributed by atoms with van der Waals surface area (Å²) >= 11 is 0. The molecular weight excluding hydrogens is 306 g/mol. The van der Waals surface area contributed by atoms with Crippen LogP contribution in [0.3, 0.4) is 0 Å². The Morgan fingerprint density at radius 3 is 2.50 bits per heavy atom. The van der Waals surface area contributed by atoms with Crippen molar-refractivity contribution >= 4 is 22.8 Å². The van der Waals surface area contributed by atoms with Crippen molar-refractivity contribution in [3.63, 3.8) is 0 Å². The van der Waals surface area contributed by atoms with Crippen LogP contribution in [0.15, 0.2) is 42.5 Å². The van der Waals surface area contributed by atoms with E-state index in [0.717, 1.165) is 16.3 Å². The molecule has 5 heteroatoms. The summed E-state index contributed by atoms with van der Waals surface area (Å²) in [6.45, 7) is 5.75. The first kappa shape index (κ1) is 17.8. The highest BCUT2D eigenvalue weighted by Crippen LogP contribution is 2.19. The fourth-order valence-electron chi connectivity index (χ4n) is 2.23. The molecular formula is C19H23NO4. The molecule has 2 aromatic carbocycles. The number of nitrogens with one attached hydrogen (secondary N) is 1. The molecule has 0 unspecified atom stereocenters. The van der Waals surface area contributed by atoms with Gasteiger partial charge in [-0.3, -0.25) is 4.79 Å². The minimum Gasteiger partial charge on any atom is -0.461 e. The lowest BCUT2D eigenvalue weighted by Crippen LogP contribution is -2.33. The number of rotatable bonds is 5. The lowest BCUT2D eigenvalue weighted by Gasteiger charge is -2.19. The number of carbonyl (C=O) groups excluding carboxylic acids is 2. The molecule has 0 saturated heterocycles. The molecule has 0 fully saturated rings. The van der Waals surface area contributed by atoms with Crippen molar-refractivity contribution in [1.82, 2.24) is 5.32 Å². The van der Waals surface area contributed by atoms with Gasteiger partial charge in [0.15, 0.2) is 0 Å². The van der Waals surface area contributed by atoms with Crippen molar-refractivity contribution in [1.29, 1.82) is 0 Å². The molecule has 24 heavy (non-hydrogen) atoms. The maximum absolute atomic E-state index is 11.8. The summed E-state index contributed by atoms with van der Waals surface area (Å²) in [5.74, 6) is -0.362. The van der Waals surface area contributed by atoms with Gasteiger partial charge in [-0.05, 0) is 37.1 Å². The van der Waals surface area contributed by atoms with Crippen molar-refractivity contribution in [3.8, 4) is 0 Å². The summed E-state index contributed by atoms with van der Waals surface area (Å²) in [7, 11) is 0. The van der Waals surface area contributed by atoms with Crippen molar-refractivity contribution in [3.05, 3.63) is 48.0 Å². The van der Waals surface area contributed by atoms with Gasteiger partial charge in [0.25, 0.3) is 0 Å². The molecule has 5 nitrogen and oxygen atoms in total. The molecule has 0 bridgehead atoms. The molecule has 2 rings (SSSR count). The van der Waals surface area contributed by atoms with Crippen molar-refractivity contribution < 1.29 is 19.1 Å². The quantitative estimate of drug-likeness (QED) is 0.848. The minimum absolute atomic E-state index is 0.101. The van der Waals surface area contributed by atoms with Gasteiger partial charge in [0.1, 0.15) is 12.2 Å². The summed E-state index contributed by atoms with van der Waals surface area (Å²) in [4.78, 5) is 23.3. The summed E-state index contributed by atoms with van der Waals surface area (Å²) in [5.41, 5.74) is 0.403. The van der Waals surface area contributed by atoms with Crippen LogP contribution in [0.2, 0.25) is 0 Å². The first-order valence-corrected chi connectivity index (χ1v) is 7.94. The Morgan fingerprint density at radius 2 is 1.75 bits per heavy atom. The highest BCUT2D eigenvalue weighted by Gasteiger charge is 2.16. The Hall–Kier alpha value is -2.56. The number of hydrogen-bond donors (Lipinski definition) is 1. The Labute approximate surface area is 141 Å². The van der Waals surface area contributed by atoms with E-state index in [4.69, 9.17) is 9.47 Å². The number of benzene rings is 2. The van der Waals surface area contributed by atoms with Gasteiger partial charge in [-0.1, -0.05) is 42.5 Å². The molecule has 128 valence electrons. The fourth-order valence-corrected chi connectivity index (χ4v) is 2.23. The second-order valence-corrected chi connectivity index (χ2v) is 6.48. The molecule has 0 radical (unpaired) electrons. The number of hydrogen-bond acceptors (Lipinski definition) is 4. The normalized spacial score (nSPS) is 11.1. The highest BCUT2D eigenvalue weighted by molar-refractivity contribution is 5.85. The fraction of sp³-hybridized carbons (Fsp3) is 0.368. The number of ether oxygens (including phenoxy) is 2. The molecule has 0 aromatic heterocycles. The first-order valence-electron chi connectivity index (χ1n) is 7.94. The van der Waals surface area contributed by atoms with Gasteiger partial charge in [0, 0.05) is 6.54 Å². The zero-order valence-electron chi connectivity index (χ0n) is 14.3. The standard InChI is InChI=1S/C19H23NO4/c1-19(2,3)24-18(22)20-12-11-17(21)23-13-15-9-6-8-14-7-4-5-10-16(14)15/h4-10H,11-13H2,1-3H3,(H,20,22). The molecule has 0 aliphatic heterocycles. The Kier molecular flexibility index (Phi) is 5.79. The SMILES string of the molecule is CC(C)(C)OC(=O)NCCC(=O)OCc1cccc2ccccc12. The predicted octanol–water partition coefficient (Wildman–Crippen LogP) is 3.80. The first-order chi connectivity index (χ1) is 11.3. The third kappa shape index (κ3) is 5.57. The van der Waals surface area contributed by atoms with Crippen LogP contribution in [0.4, 0.5) is 4.79 Å². The van der Waals surface area contributed by atoms with Crippen LogP contribution < -0.4 is 5.32 Å².